The van der Waals surface area contributed by atoms with Crippen LogP contribution < -0.4 is 14.8 Å². The van der Waals surface area contributed by atoms with Gasteiger partial charge in [-0.2, -0.15) is 0 Å². The van der Waals surface area contributed by atoms with Gasteiger partial charge in [-0.3, -0.25) is 9.69 Å². The van der Waals surface area contributed by atoms with E-state index < -0.39 is 5.97 Å². The van der Waals surface area contributed by atoms with Gasteiger partial charge in [0.2, 0.25) is 0 Å². The Balaban J connectivity index is 1.37. The lowest BCUT2D eigenvalue weighted by Gasteiger charge is -2.29. The number of anilines is 1. The summed E-state index contributed by atoms with van der Waals surface area (Å²) in [6.45, 7) is 2.87. The van der Waals surface area contributed by atoms with Gasteiger partial charge in [0.1, 0.15) is 5.70 Å². The quantitative estimate of drug-likeness (QED) is 0.483. The number of amides is 1. The number of methoxy groups -OCH3 is 3. The van der Waals surface area contributed by atoms with Gasteiger partial charge in [0, 0.05) is 31.9 Å². The second-order valence-electron chi connectivity index (χ2n) is 8.87. The van der Waals surface area contributed by atoms with Crippen LogP contribution in [0.2, 0.25) is 0 Å². The topological polar surface area (TPSA) is 101 Å². The monoisotopic (exact) mass is 495 g/mol. The molecule has 2 aromatic rings. The largest absolute Gasteiger partial charge is 0.493 e. The summed E-state index contributed by atoms with van der Waals surface area (Å²) in [5, 5.41) is 12.3. The Morgan fingerprint density at radius 2 is 1.69 bits per heavy atom. The Hall–Kier alpha value is -3.56. The average molecular weight is 496 g/mol. The number of nitrogens with zero attached hydrogens (tertiary/aromatic N) is 2. The van der Waals surface area contributed by atoms with E-state index in [0.717, 1.165) is 44.0 Å². The number of hydrogen-bond donors (Lipinski definition) is 2. The molecule has 36 heavy (non-hydrogen) atoms. The highest BCUT2D eigenvalue weighted by Gasteiger charge is 2.34. The molecule has 0 saturated carbocycles. The van der Waals surface area contributed by atoms with E-state index in [0.29, 0.717) is 5.69 Å². The fourth-order valence-electron chi connectivity index (χ4n) is 4.67. The first-order valence-corrected chi connectivity index (χ1v) is 12.0. The van der Waals surface area contributed by atoms with Gasteiger partial charge in [-0.1, -0.05) is 12.1 Å². The molecule has 192 valence electrons. The summed E-state index contributed by atoms with van der Waals surface area (Å²) in [5.41, 5.74) is 4.92. The zero-order valence-electron chi connectivity index (χ0n) is 21.0. The maximum Gasteiger partial charge on any atom is 0.337 e. The number of esters is 1. The third kappa shape index (κ3) is 5.47. The van der Waals surface area contributed by atoms with Crippen LogP contribution in [0.15, 0.2) is 47.7 Å². The number of aliphatic hydroxyl groups is 1. The summed E-state index contributed by atoms with van der Waals surface area (Å²) in [6, 6.07) is 12.0. The van der Waals surface area contributed by atoms with Crippen LogP contribution in [0.1, 0.15) is 16.7 Å². The number of rotatable bonds is 10. The first kappa shape index (κ1) is 25.5. The van der Waals surface area contributed by atoms with Crippen molar-refractivity contribution in [2.45, 2.75) is 19.4 Å². The molecule has 0 unspecified atom stereocenters. The molecule has 0 saturated heterocycles. The van der Waals surface area contributed by atoms with Crippen LogP contribution in [-0.4, -0.2) is 80.9 Å². The lowest BCUT2D eigenvalue weighted by molar-refractivity contribution is -0.136. The predicted octanol–water partition coefficient (Wildman–Crippen LogP) is 1.98. The first-order valence-electron chi connectivity index (χ1n) is 12.0. The van der Waals surface area contributed by atoms with Gasteiger partial charge in [-0.05, 0) is 53.8 Å². The summed E-state index contributed by atoms with van der Waals surface area (Å²) in [7, 11) is 4.60. The molecular formula is C27H33N3O6. The minimum atomic E-state index is -0.554. The van der Waals surface area contributed by atoms with Gasteiger partial charge in [-0.15, -0.1) is 0 Å². The molecule has 2 N–H and O–H groups in total. The number of hydrogen-bond acceptors (Lipinski definition) is 8. The molecule has 0 spiro atoms. The van der Waals surface area contributed by atoms with Gasteiger partial charge < -0.3 is 29.5 Å². The number of fused-ring (bicyclic) bond motifs is 1. The second-order valence-corrected chi connectivity index (χ2v) is 8.87. The summed E-state index contributed by atoms with van der Waals surface area (Å²) in [5.74, 6) is 0.649. The minimum absolute atomic E-state index is 0.115. The van der Waals surface area contributed by atoms with Crippen molar-refractivity contribution in [3.63, 3.8) is 0 Å². The smallest absolute Gasteiger partial charge is 0.337 e. The molecule has 0 aromatic heterocycles. The van der Waals surface area contributed by atoms with Crippen molar-refractivity contribution in [3.05, 3.63) is 64.4 Å². The Morgan fingerprint density at radius 1 is 1.00 bits per heavy atom. The fourth-order valence-corrected chi connectivity index (χ4v) is 4.67. The van der Waals surface area contributed by atoms with E-state index in [1.165, 1.54) is 28.7 Å². The van der Waals surface area contributed by atoms with Gasteiger partial charge in [-0.25, -0.2) is 4.79 Å². The van der Waals surface area contributed by atoms with Gasteiger partial charge in [0.25, 0.3) is 5.91 Å². The maximum atomic E-state index is 12.7. The van der Waals surface area contributed by atoms with Crippen LogP contribution in [0.3, 0.4) is 0 Å². The zero-order chi connectivity index (χ0) is 25.7. The van der Waals surface area contributed by atoms with Crippen molar-refractivity contribution in [3.8, 4) is 11.5 Å². The number of β-amino-alcohol motifs (C(OH)–C–C–N with tert-alkyl or cyclic N) is 1. The van der Waals surface area contributed by atoms with Gasteiger partial charge in [0.15, 0.2) is 11.5 Å². The van der Waals surface area contributed by atoms with E-state index >= 15 is 0 Å². The maximum absolute atomic E-state index is 12.7. The summed E-state index contributed by atoms with van der Waals surface area (Å²) in [4.78, 5) is 28.7. The number of nitrogens with one attached hydrogen (secondary N) is 1. The lowest BCUT2D eigenvalue weighted by atomic mass is 9.98. The van der Waals surface area contributed by atoms with E-state index in [4.69, 9.17) is 14.2 Å². The summed E-state index contributed by atoms with van der Waals surface area (Å²) < 4.78 is 15.7. The Kier molecular flexibility index (Phi) is 8.12. The summed E-state index contributed by atoms with van der Waals surface area (Å²) >= 11 is 0. The van der Waals surface area contributed by atoms with Crippen molar-refractivity contribution in [2.75, 3.05) is 59.4 Å². The molecule has 0 radical (unpaired) electrons. The fraction of sp³-hybridized carbons (Fsp3) is 0.407. The van der Waals surface area contributed by atoms with Crippen molar-refractivity contribution in [1.82, 2.24) is 9.80 Å². The number of aliphatic hydroxyl groups excluding tert-OH is 1. The van der Waals surface area contributed by atoms with Crippen LogP contribution in [0.4, 0.5) is 5.69 Å². The van der Waals surface area contributed by atoms with Crippen molar-refractivity contribution in [1.29, 1.82) is 0 Å². The first-order chi connectivity index (χ1) is 17.5. The average Bonchev–Trinajstić information content (AvgIpc) is 3.21. The standard InChI is InChI=1S/C27H33N3O6/c1-34-23-14-19-9-11-29(16-20(19)15-24(23)35-2)10-8-18-4-6-21(7-5-18)28-25-22(27(33)36-3)17-30(12-13-31)26(25)32/h4-7,14-15,28,31H,8-13,16-17H2,1-3H3. The molecule has 9 nitrogen and oxygen atoms in total. The molecule has 0 fully saturated rings. The molecule has 2 aromatic carbocycles. The van der Waals surface area contributed by atoms with E-state index in [1.807, 2.05) is 24.3 Å². The van der Waals surface area contributed by atoms with Crippen LogP contribution in [0.25, 0.3) is 0 Å². The van der Waals surface area contributed by atoms with E-state index in [-0.39, 0.29) is 36.9 Å². The highest BCUT2D eigenvalue weighted by Crippen LogP contribution is 2.33. The van der Waals surface area contributed by atoms with Gasteiger partial charge >= 0.3 is 5.97 Å². The SMILES string of the molecule is COC(=O)C1=C(Nc2ccc(CCN3CCc4cc(OC)c(OC)cc4C3)cc2)C(=O)N(CCO)C1. The van der Waals surface area contributed by atoms with Crippen molar-refractivity contribution >= 4 is 17.6 Å². The van der Waals surface area contributed by atoms with E-state index in [9.17, 15) is 14.7 Å². The Labute approximate surface area is 211 Å². The third-order valence-electron chi connectivity index (χ3n) is 6.69. The molecule has 1 amide bonds. The molecule has 2 aliphatic rings. The molecule has 2 aliphatic heterocycles. The number of carbonyl (C=O) groups excluding carboxylic acids is 2. The summed E-state index contributed by atoms with van der Waals surface area (Å²) in [6.07, 6.45) is 1.86. The lowest BCUT2D eigenvalue weighted by Crippen LogP contribution is -2.32. The van der Waals surface area contributed by atoms with Gasteiger partial charge in [0.05, 0.1) is 40.1 Å². The highest BCUT2D eigenvalue weighted by molar-refractivity contribution is 6.08. The van der Waals surface area contributed by atoms with Crippen LogP contribution in [0, 0.1) is 0 Å². The third-order valence-corrected chi connectivity index (χ3v) is 6.69. The zero-order valence-corrected chi connectivity index (χ0v) is 21.0. The number of benzene rings is 2. The molecule has 4 rings (SSSR count). The predicted molar refractivity (Wildman–Crippen MR) is 135 cm³/mol. The molecule has 2 heterocycles. The second kappa shape index (κ2) is 11.5. The number of carbonyl (C=O) groups is 2. The minimum Gasteiger partial charge on any atom is -0.493 e. The van der Waals surface area contributed by atoms with Crippen molar-refractivity contribution in [2.24, 2.45) is 0 Å². The molecule has 0 aliphatic carbocycles. The molecular weight excluding hydrogens is 462 g/mol. The number of ether oxygens (including phenoxy) is 3. The highest BCUT2D eigenvalue weighted by atomic mass is 16.5. The van der Waals surface area contributed by atoms with E-state index in [2.05, 4.69) is 22.3 Å². The Bertz CT molecular complexity index is 1140. The van der Waals surface area contributed by atoms with Crippen molar-refractivity contribution < 1.29 is 28.9 Å². The molecule has 0 bridgehead atoms. The van der Waals surface area contributed by atoms with E-state index in [1.54, 1.807) is 14.2 Å². The van der Waals surface area contributed by atoms with Crippen LogP contribution in [0.5, 0.6) is 11.5 Å². The molecule has 0 atom stereocenters. The normalized spacial score (nSPS) is 15.7. The van der Waals surface area contributed by atoms with Crippen LogP contribution >= 0.6 is 0 Å². The van der Waals surface area contributed by atoms with Crippen LogP contribution in [-0.2, 0) is 33.7 Å². The Morgan fingerprint density at radius 3 is 2.33 bits per heavy atom. The molecule has 9 heteroatoms.